The number of hydrogen-bond acceptors (Lipinski definition) is 1. The zero-order valence-electron chi connectivity index (χ0n) is 7.92. The Morgan fingerprint density at radius 2 is 2.17 bits per heavy atom. The average molecular weight is 165 g/mol. The SMILES string of the molecule is C#CC1CC(=O)N(C(C)(C)C)C1. The second-order valence-corrected chi connectivity index (χ2v) is 4.24. The minimum Gasteiger partial charge on any atom is -0.337 e. The summed E-state index contributed by atoms with van der Waals surface area (Å²) in [7, 11) is 0. The molecule has 1 aliphatic heterocycles. The molecule has 1 aliphatic rings. The van der Waals surface area contributed by atoms with E-state index in [1.807, 2.05) is 25.7 Å². The number of carbonyl (C=O) groups excluding carboxylic acids is 1. The summed E-state index contributed by atoms with van der Waals surface area (Å²) in [6.07, 6.45) is 5.79. The first kappa shape index (κ1) is 9.12. The molecule has 0 radical (unpaired) electrons. The lowest BCUT2D eigenvalue weighted by Gasteiger charge is -2.31. The normalized spacial score (nSPS) is 24.3. The topological polar surface area (TPSA) is 20.3 Å². The fourth-order valence-corrected chi connectivity index (χ4v) is 1.47. The molecule has 1 unspecified atom stereocenters. The van der Waals surface area contributed by atoms with Crippen molar-refractivity contribution in [1.29, 1.82) is 0 Å². The standard InChI is InChI=1S/C10H15NO/c1-5-8-6-9(12)11(7-8)10(2,3)4/h1,8H,6-7H2,2-4H3. The first-order chi connectivity index (χ1) is 5.45. The van der Waals surface area contributed by atoms with Crippen molar-refractivity contribution in [2.75, 3.05) is 6.54 Å². The van der Waals surface area contributed by atoms with Crippen molar-refractivity contribution in [2.24, 2.45) is 5.92 Å². The highest BCUT2D eigenvalue weighted by Gasteiger charge is 2.35. The molecule has 1 atom stereocenters. The molecule has 0 aromatic heterocycles. The van der Waals surface area contributed by atoms with Crippen molar-refractivity contribution >= 4 is 5.91 Å². The fraction of sp³-hybridized carbons (Fsp3) is 0.700. The van der Waals surface area contributed by atoms with Gasteiger partial charge in [-0.15, -0.1) is 12.3 Å². The van der Waals surface area contributed by atoms with Crippen LogP contribution < -0.4 is 0 Å². The Bertz CT molecular complexity index is 231. The number of nitrogens with zero attached hydrogens (tertiary/aromatic N) is 1. The summed E-state index contributed by atoms with van der Waals surface area (Å²) in [5, 5.41) is 0. The van der Waals surface area contributed by atoms with Crippen LogP contribution in [0.15, 0.2) is 0 Å². The molecule has 1 saturated heterocycles. The maximum Gasteiger partial charge on any atom is 0.224 e. The minimum absolute atomic E-state index is 0.0807. The van der Waals surface area contributed by atoms with E-state index in [0.717, 1.165) is 6.54 Å². The van der Waals surface area contributed by atoms with E-state index in [0.29, 0.717) is 6.42 Å². The molecule has 1 heterocycles. The molecule has 2 nitrogen and oxygen atoms in total. The maximum absolute atomic E-state index is 11.4. The van der Waals surface area contributed by atoms with Crippen molar-refractivity contribution in [2.45, 2.75) is 32.7 Å². The Hall–Kier alpha value is -0.970. The molecule has 0 saturated carbocycles. The largest absolute Gasteiger partial charge is 0.337 e. The van der Waals surface area contributed by atoms with Gasteiger partial charge in [0.05, 0.1) is 0 Å². The molecule has 66 valence electrons. The molecule has 0 N–H and O–H groups in total. The Balaban J connectivity index is 2.72. The molecule has 0 spiro atoms. The van der Waals surface area contributed by atoms with Crippen LogP contribution in [0.1, 0.15) is 27.2 Å². The molecular formula is C10H15NO. The molecule has 1 rings (SSSR count). The van der Waals surface area contributed by atoms with E-state index >= 15 is 0 Å². The van der Waals surface area contributed by atoms with Gasteiger partial charge in [0, 0.05) is 24.4 Å². The van der Waals surface area contributed by atoms with Gasteiger partial charge < -0.3 is 4.90 Å². The molecule has 0 aliphatic carbocycles. The summed E-state index contributed by atoms with van der Waals surface area (Å²) in [4.78, 5) is 13.3. The summed E-state index contributed by atoms with van der Waals surface area (Å²) in [5.74, 6) is 2.94. The van der Waals surface area contributed by atoms with E-state index in [4.69, 9.17) is 6.42 Å². The van der Waals surface area contributed by atoms with Gasteiger partial charge in [0.25, 0.3) is 0 Å². The van der Waals surface area contributed by atoms with Gasteiger partial charge in [0.15, 0.2) is 0 Å². The van der Waals surface area contributed by atoms with Gasteiger partial charge in [0.2, 0.25) is 5.91 Å². The van der Waals surface area contributed by atoms with E-state index in [1.54, 1.807) is 0 Å². The Kier molecular flexibility index (Phi) is 2.14. The van der Waals surface area contributed by atoms with Crippen LogP contribution in [0.2, 0.25) is 0 Å². The molecule has 0 aromatic carbocycles. The van der Waals surface area contributed by atoms with E-state index in [2.05, 4.69) is 5.92 Å². The van der Waals surface area contributed by atoms with Gasteiger partial charge in [-0.3, -0.25) is 4.79 Å². The van der Waals surface area contributed by atoms with Crippen molar-refractivity contribution < 1.29 is 4.79 Å². The molecular weight excluding hydrogens is 150 g/mol. The van der Waals surface area contributed by atoms with Gasteiger partial charge in [-0.25, -0.2) is 0 Å². The smallest absolute Gasteiger partial charge is 0.224 e. The number of carbonyl (C=O) groups is 1. The van der Waals surface area contributed by atoms with Crippen LogP contribution in [-0.4, -0.2) is 22.9 Å². The predicted octanol–water partition coefficient (Wildman–Crippen LogP) is 1.27. The lowest BCUT2D eigenvalue weighted by atomic mass is 10.1. The Morgan fingerprint density at radius 3 is 2.42 bits per heavy atom. The number of amides is 1. The van der Waals surface area contributed by atoms with Crippen LogP contribution >= 0.6 is 0 Å². The van der Waals surface area contributed by atoms with Gasteiger partial charge in [-0.2, -0.15) is 0 Å². The summed E-state index contributed by atoms with van der Waals surface area (Å²) in [6.45, 7) is 6.82. The van der Waals surface area contributed by atoms with E-state index < -0.39 is 0 Å². The minimum atomic E-state index is -0.0807. The Labute approximate surface area is 73.9 Å². The summed E-state index contributed by atoms with van der Waals surface area (Å²) in [6, 6.07) is 0. The summed E-state index contributed by atoms with van der Waals surface area (Å²) in [5.41, 5.74) is -0.0807. The average Bonchev–Trinajstić information content (AvgIpc) is 2.29. The number of hydrogen-bond donors (Lipinski definition) is 0. The highest BCUT2D eigenvalue weighted by atomic mass is 16.2. The number of terminal acetylenes is 1. The second kappa shape index (κ2) is 2.82. The van der Waals surface area contributed by atoms with Crippen molar-refractivity contribution in [3.8, 4) is 12.3 Å². The van der Waals surface area contributed by atoms with Crippen LogP contribution in [0.25, 0.3) is 0 Å². The van der Waals surface area contributed by atoms with Gasteiger partial charge in [0.1, 0.15) is 0 Å². The molecule has 1 fully saturated rings. The zero-order chi connectivity index (χ0) is 9.35. The van der Waals surface area contributed by atoms with Crippen molar-refractivity contribution in [3.63, 3.8) is 0 Å². The third kappa shape index (κ3) is 1.61. The number of rotatable bonds is 0. The van der Waals surface area contributed by atoms with E-state index in [1.165, 1.54) is 0 Å². The summed E-state index contributed by atoms with van der Waals surface area (Å²) >= 11 is 0. The molecule has 2 heteroatoms. The van der Waals surface area contributed by atoms with Crippen LogP contribution in [0.5, 0.6) is 0 Å². The molecule has 0 bridgehead atoms. The van der Waals surface area contributed by atoms with Crippen molar-refractivity contribution in [3.05, 3.63) is 0 Å². The second-order valence-electron chi connectivity index (χ2n) is 4.24. The van der Waals surface area contributed by atoms with E-state index in [-0.39, 0.29) is 17.4 Å². The highest BCUT2D eigenvalue weighted by Crippen LogP contribution is 2.24. The summed E-state index contributed by atoms with van der Waals surface area (Å²) < 4.78 is 0. The predicted molar refractivity (Wildman–Crippen MR) is 48.4 cm³/mol. The quantitative estimate of drug-likeness (QED) is 0.495. The first-order valence-electron chi connectivity index (χ1n) is 4.21. The van der Waals surface area contributed by atoms with Gasteiger partial charge >= 0.3 is 0 Å². The lowest BCUT2D eigenvalue weighted by Crippen LogP contribution is -2.42. The van der Waals surface area contributed by atoms with Crippen LogP contribution in [-0.2, 0) is 4.79 Å². The molecule has 0 aromatic rings. The van der Waals surface area contributed by atoms with Crippen molar-refractivity contribution in [1.82, 2.24) is 4.90 Å². The lowest BCUT2D eigenvalue weighted by molar-refractivity contribution is -0.131. The molecule has 12 heavy (non-hydrogen) atoms. The monoisotopic (exact) mass is 165 g/mol. The fourth-order valence-electron chi connectivity index (χ4n) is 1.47. The number of likely N-dealkylation sites (tertiary alicyclic amines) is 1. The van der Waals surface area contributed by atoms with Crippen LogP contribution in [0.3, 0.4) is 0 Å². The third-order valence-electron chi connectivity index (χ3n) is 2.17. The van der Waals surface area contributed by atoms with Crippen LogP contribution in [0.4, 0.5) is 0 Å². The first-order valence-corrected chi connectivity index (χ1v) is 4.21. The van der Waals surface area contributed by atoms with Gasteiger partial charge in [-0.05, 0) is 20.8 Å². The van der Waals surface area contributed by atoms with E-state index in [9.17, 15) is 4.79 Å². The maximum atomic E-state index is 11.4. The Morgan fingerprint density at radius 1 is 1.58 bits per heavy atom. The highest BCUT2D eigenvalue weighted by molar-refractivity contribution is 5.80. The molecule has 1 amide bonds. The van der Waals surface area contributed by atoms with Gasteiger partial charge in [-0.1, -0.05) is 0 Å². The zero-order valence-corrected chi connectivity index (χ0v) is 7.92. The third-order valence-corrected chi connectivity index (χ3v) is 2.17. The van der Waals surface area contributed by atoms with Crippen LogP contribution in [0, 0.1) is 18.3 Å².